The molecule has 0 saturated carbocycles. The van der Waals surface area contributed by atoms with Gasteiger partial charge in [0.25, 0.3) is 0 Å². The Bertz CT molecular complexity index is 1380. The molecule has 2 aromatic carbocycles. The maximum absolute atomic E-state index is 12.6. The molecule has 1 aromatic heterocycles. The smallest absolute Gasteiger partial charge is 0.370 e. The van der Waals surface area contributed by atoms with Crippen molar-refractivity contribution in [3.8, 4) is 11.1 Å². The zero-order chi connectivity index (χ0) is 31.2. The molecule has 0 bridgehead atoms. The third kappa shape index (κ3) is 11.5. The number of nitrogens with one attached hydrogen (secondary N) is 3. The molecular formula is C30H31F3N4O6. The second-order valence-electron chi connectivity index (χ2n) is 9.52. The largest absolute Gasteiger partial charge is 0.495 e. The Morgan fingerprint density at radius 3 is 2.26 bits per heavy atom. The molecule has 0 saturated heterocycles. The lowest BCUT2D eigenvalue weighted by atomic mass is 9.99. The number of unbranched alkanes of at least 4 members (excludes halogenated alkanes) is 1. The third-order valence-electron chi connectivity index (χ3n) is 6.07. The van der Waals surface area contributed by atoms with E-state index in [0.29, 0.717) is 24.9 Å². The highest BCUT2D eigenvalue weighted by Crippen LogP contribution is 2.24. The van der Waals surface area contributed by atoms with Crippen LogP contribution in [-0.4, -0.2) is 48.0 Å². The van der Waals surface area contributed by atoms with Crippen LogP contribution in [-0.2, 0) is 29.0 Å². The highest BCUT2D eigenvalue weighted by Gasteiger charge is 2.43. The van der Waals surface area contributed by atoms with Gasteiger partial charge in [0.05, 0.1) is 19.0 Å². The lowest BCUT2D eigenvalue weighted by Crippen LogP contribution is -2.39. The number of aryl methyl sites for hydroxylation is 1. The lowest BCUT2D eigenvalue weighted by molar-refractivity contribution is -0.286. The molecule has 0 aliphatic rings. The van der Waals surface area contributed by atoms with E-state index in [0.717, 1.165) is 22.5 Å². The van der Waals surface area contributed by atoms with E-state index in [9.17, 15) is 32.3 Å². The first-order valence-corrected chi connectivity index (χ1v) is 13.4. The molecule has 1 heterocycles. The van der Waals surface area contributed by atoms with E-state index in [1.807, 2.05) is 49.4 Å². The molecule has 228 valence electrons. The van der Waals surface area contributed by atoms with Crippen molar-refractivity contribution in [3.63, 3.8) is 0 Å². The van der Waals surface area contributed by atoms with Gasteiger partial charge < -0.3 is 16.0 Å². The minimum absolute atomic E-state index is 0.178. The van der Waals surface area contributed by atoms with Gasteiger partial charge in [-0.05, 0) is 54.2 Å². The molecule has 0 fully saturated rings. The highest BCUT2D eigenvalue weighted by atomic mass is 19.4. The number of carbonyl (C=O) groups excluding carboxylic acids is 4. The first-order valence-electron chi connectivity index (χ1n) is 13.4. The van der Waals surface area contributed by atoms with Crippen molar-refractivity contribution in [1.82, 2.24) is 15.6 Å². The van der Waals surface area contributed by atoms with Crippen molar-refractivity contribution in [1.29, 1.82) is 0 Å². The Morgan fingerprint density at radius 2 is 1.58 bits per heavy atom. The van der Waals surface area contributed by atoms with Crippen molar-refractivity contribution in [3.05, 3.63) is 84.1 Å². The molecule has 3 rings (SSSR count). The van der Waals surface area contributed by atoms with Crippen molar-refractivity contribution in [2.75, 3.05) is 18.4 Å². The average molecular weight is 601 g/mol. The Morgan fingerprint density at radius 1 is 0.884 bits per heavy atom. The fraction of sp³-hybridized carbons (Fsp3) is 0.300. The number of hydrogen-bond acceptors (Lipinski definition) is 8. The topological polar surface area (TPSA) is 136 Å². The zero-order valence-electron chi connectivity index (χ0n) is 23.3. The number of halogens is 3. The fourth-order valence-electron chi connectivity index (χ4n) is 3.90. The average Bonchev–Trinajstić information content (AvgIpc) is 2.98. The van der Waals surface area contributed by atoms with E-state index < -0.39 is 43.0 Å². The number of anilines is 1. The van der Waals surface area contributed by atoms with Crippen LogP contribution in [0.1, 0.15) is 42.9 Å². The van der Waals surface area contributed by atoms with Crippen LogP contribution in [0.4, 0.5) is 19.0 Å². The molecule has 1 unspecified atom stereocenters. The standard InChI is InChI=1S/C30H31F3N4O6/c1-20-14-16-35-25(17-20)34-15-6-5-9-26(38)36-19-27(39)37-24(18-28(40)42-43-29(41)30(31,32)33)23-12-10-22(11-13-23)21-7-3-2-4-8-21/h2-4,7-8,10-14,16-17,24H,5-6,9,15,18-19H2,1H3,(H,34,35)(H,36,38)(H,37,39). The van der Waals surface area contributed by atoms with E-state index in [-0.39, 0.29) is 12.3 Å². The van der Waals surface area contributed by atoms with Gasteiger partial charge >= 0.3 is 18.1 Å². The van der Waals surface area contributed by atoms with Gasteiger partial charge in [0.1, 0.15) is 5.82 Å². The van der Waals surface area contributed by atoms with Crippen LogP contribution in [0.3, 0.4) is 0 Å². The molecule has 3 aromatic rings. The summed E-state index contributed by atoms with van der Waals surface area (Å²) in [4.78, 5) is 59.7. The van der Waals surface area contributed by atoms with Crippen LogP contribution < -0.4 is 16.0 Å². The molecule has 13 heteroatoms. The number of pyridine rings is 1. The maximum Gasteiger partial charge on any atom is 0.495 e. The molecule has 3 N–H and O–H groups in total. The molecule has 10 nitrogen and oxygen atoms in total. The van der Waals surface area contributed by atoms with Gasteiger partial charge in [0.2, 0.25) is 11.8 Å². The van der Waals surface area contributed by atoms with Crippen LogP contribution in [0.25, 0.3) is 11.1 Å². The molecule has 43 heavy (non-hydrogen) atoms. The first-order chi connectivity index (χ1) is 20.5. The number of rotatable bonds is 13. The molecule has 0 aliphatic heterocycles. The molecular weight excluding hydrogens is 569 g/mol. The van der Waals surface area contributed by atoms with Crippen molar-refractivity contribution in [2.45, 2.75) is 44.8 Å². The molecule has 0 aliphatic carbocycles. The van der Waals surface area contributed by atoms with E-state index in [1.165, 1.54) is 0 Å². The predicted octanol–water partition coefficient (Wildman–Crippen LogP) is 4.57. The minimum Gasteiger partial charge on any atom is -0.370 e. The number of amides is 2. The van der Waals surface area contributed by atoms with E-state index >= 15 is 0 Å². The first kappa shape index (κ1) is 32.6. The summed E-state index contributed by atoms with van der Waals surface area (Å²) < 4.78 is 37.1. The second kappa shape index (κ2) is 15.9. The molecule has 2 amide bonds. The summed E-state index contributed by atoms with van der Waals surface area (Å²) in [6.07, 6.45) is -2.88. The highest BCUT2D eigenvalue weighted by molar-refractivity contribution is 5.85. The van der Waals surface area contributed by atoms with Crippen molar-refractivity contribution in [2.24, 2.45) is 0 Å². The van der Waals surface area contributed by atoms with E-state index in [4.69, 9.17) is 0 Å². The number of benzene rings is 2. The number of alkyl halides is 3. The summed E-state index contributed by atoms with van der Waals surface area (Å²) in [5, 5.41) is 8.23. The Hall–Kier alpha value is -4.94. The monoisotopic (exact) mass is 600 g/mol. The molecule has 0 radical (unpaired) electrons. The SMILES string of the molecule is Cc1ccnc(NCCCCC(=O)NCC(=O)NC(CC(=O)OOC(=O)C(F)(F)F)c2ccc(-c3ccccc3)cc2)c1. The van der Waals surface area contributed by atoms with Gasteiger partial charge in [0.15, 0.2) is 0 Å². The van der Waals surface area contributed by atoms with Crippen LogP contribution in [0.5, 0.6) is 0 Å². The maximum atomic E-state index is 12.6. The van der Waals surface area contributed by atoms with Gasteiger partial charge in [-0.15, -0.1) is 0 Å². The van der Waals surface area contributed by atoms with E-state index in [2.05, 4.69) is 30.7 Å². The summed E-state index contributed by atoms with van der Waals surface area (Å²) >= 11 is 0. The lowest BCUT2D eigenvalue weighted by Gasteiger charge is -2.19. The van der Waals surface area contributed by atoms with Crippen molar-refractivity contribution < 1.29 is 42.1 Å². The Balaban J connectivity index is 1.52. The second-order valence-corrected chi connectivity index (χ2v) is 9.52. The summed E-state index contributed by atoms with van der Waals surface area (Å²) in [5.74, 6) is -4.29. The fourth-order valence-corrected chi connectivity index (χ4v) is 3.90. The van der Waals surface area contributed by atoms with Crippen molar-refractivity contribution >= 4 is 29.6 Å². The number of carbonyl (C=O) groups is 4. The number of nitrogens with zero attached hydrogens (tertiary/aromatic N) is 1. The third-order valence-corrected chi connectivity index (χ3v) is 6.07. The van der Waals surface area contributed by atoms with Crippen LogP contribution in [0.15, 0.2) is 72.9 Å². The quantitative estimate of drug-likeness (QED) is 0.148. The van der Waals surface area contributed by atoms with Gasteiger partial charge in [-0.2, -0.15) is 13.2 Å². The molecule has 1 atom stereocenters. The summed E-state index contributed by atoms with van der Waals surface area (Å²) in [6, 6.07) is 18.8. The predicted molar refractivity (Wildman–Crippen MR) is 150 cm³/mol. The van der Waals surface area contributed by atoms with Gasteiger partial charge in [-0.3, -0.25) is 9.59 Å². The Kier molecular flexibility index (Phi) is 12.0. The van der Waals surface area contributed by atoms with Crippen LogP contribution >= 0.6 is 0 Å². The number of aromatic nitrogens is 1. The normalized spacial score (nSPS) is 11.6. The van der Waals surface area contributed by atoms with E-state index in [1.54, 1.807) is 30.5 Å². The molecule has 0 spiro atoms. The number of hydrogen-bond donors (Lipinski definition) is 3. The van der Waals surface area contributed by atoms with Gasteiger partial charge in [-0.1, -0.05) is 54.6 Å². The summed E-state index contributed by atoms with van der Waals surface area (Å²) in [7, 11) is 0. The van der Waals surface area contributed by atoms with Crippen LogP contribution in [0.2, 0.25) is 0 Å². The zero-order valence-corrected chi connectivity index (χ0v) is 23.3. The van der Waals surface area contributed by atoms with Gasteiger partial charge in [-0.25, -0.2) is 24.3 Å². The van der Waals surface area contributed by atoms with Crippen LogP contribution in [0, 0.1) is 6.92 Å². The summed E-state index contributed by atoms with van der Waals surface area (Å²) in [5.41, 5.74) is 3.25. The Labute approximate surface area is 245 Å². The summed E-state index contributed by atoms with van der Waals surface area (Å²) in [6.45, 7) is 2.17. The minimum atomic E-state index is -5.35. The van der Waals surface area contributed by atoms with Gasteiger partial charge in [0, 0.05) is 19.2 Å².